The molecule has 3 fully saturated rings. The molecular formula is C33H42F6N8O3S. The lowest BCUT2D eigenvalue weighted by molar-refractivity contribution is -0.141. The number of nitrogens with two attached hydrogens (primary N) is 1. The number of carbonyl (C=O) groups excluding carboxylic acids is 3. The lowest BCUT2D eigenvalue weighted by atomic mass is 9.96. The number of carbonyl (C=O) groups is 3. The molecule has 5 heterocycles. The van der Waals surface area contributed by atoms with Crippen molar-refractivity contribution in [3.63, 3.8) is 0 Å². The van der Waals surface area contributed by atoms with Crippen LogP contribution >= 0.6 is 11.3 Å². The van der Waals surface area contributed by atoms with Crippen molar-refractivity contribution in [1.82, 2.24) is 29.8 Å². The predicted octanol–water partition coefficient (Wildman–Crippen LogP) is 4.74. The van der Waals surface area contributed by atoms with Gasteiger partial charge in [-0.1, -0.05) is 0 Å². The first-order valence-electron chi connectivity index (χ1n) is 17.1. The van der Waals surface area contributed by atoms with Crippen molar-refractivity contribution in [1.29, 1.82) is 0 Å². The van der Waals surface area contributed by atoms with E-state index < -0.39 is 59.1 Å². The number of nitrogens with zero attached hydrogens (tertiary/aromatic N) is 5. The highest BCUT2D eigenvalue weighted by molar-refractivity contribution is 7.10. The summed E-state index contributed by atoms with van der Waals surface area (Å²) in [5.41, 5.74) is 0.940. The van der Waals surface area contributed by atoms with Crippen LogP contribution in [0.1, 0.15) is 47.3 Å². The Morgan fingerprint density at radius 3 is 2.08 bits per heavy atom. The molecule has 0 aliphatic carbocycles. The molecule has 4 N–H and O–H groups in total. The number of piperidine rings is 2. The summed E-state index contributed by atoms with van der Waals surface area (Å²) in [7, 11) is 2.06. The fourth-order valence-electron chi connectivity index (χ4n) is 7.53. The number of fused-ring (bicyclic) bond motifs is 1. The van der Waals surface area contributed by atoms with Crippen LogP contribution in [0.4, 0.5) is 47.3 Å². The van der Waals surface area contributed by atoms with Crippen molar-refractivity contribution in [2.75, 3.05) is 70.5 Å². The van der Waals surface area contributed by atoms with Crippen LogP contribution in [0.25, 0.3) is 0 Å². The summed E-state index contributed by atoms with van der Waals surface area (Å²) >= 11 is 1.53. The first-order chi connectivity index (χ1) is 24.1. The third kappa shape index (κ3) is 8.32. The Kier molecular flexibility index (Phi) is 10.7. The predicted molar refractivity (Wildman–Crippen MR) is 179 cm³/mol. The Morgan fingerprint density at radius 1 is 0.902 bits per heavy atom. The van der Waals surface area contributed by atoms with Gasteiger partial charge >= 0.3 is 24.4 Å². The molecule has 3 saturated heterocycles. The van der Waals surface area contributed by atoms with Crippen molar-refractivity contribution in [3.8, 4) is 0 Å². The van der Waals surface area contributed by atoms with Gasteiger partial charge in [-0.05, 0) is 75.0 Å². The minimum Gasteiger partial charge on any atom is -0.398 e. The maximum atomic E-state index is 14.0. The number of halogens is 6. The van der Waals surface area contributed by atoms with Gasteiger partial charge in [-0.25, -0.2) is 9.59 Å². The van der Waals surface area contributed by atoms with Gasteiger partial charge in [0.2, 0.25) is 5.91 Å². The summed E-state index contributed by atoms with van der Waals surface area (Å²) in [5.74, 6) is -0.586. The Morgan fingerprint density at radius 2 is 1.49 bits per heavy atom. The highest BCUT2D eigenvalue weighted by atomic mass is 32.1. The average molecular weight is 745 g/mol. The van der Waals surface area contributed by atoms with Crippen LogP contribution in [-0.2, 0) is 30.1 Å². The Labute approximate surface area is 295 Å². The van der Waals surface area contributed by atoms with Crippen LogP contribution in [0.15, 0.2) is 23.6 Å². The molecule has 5 amide bonds. The first kappa shape index (κ1) is 37.0. The molecule has 0 bridgehead atoms. The molecule has 11 nitrogen and oxygen atoms in total. The van der Waals surface area contributed by atoms with E-state index >= 15 is 0 Å². The summed E-state index contributed by atoms with van der Waals surface area (Å²) < 4.78 is 83.2. The number of nitrogens with one attached hydrogen (secondary N) is 2. The second-order valence-corrected chi connectivity index (χ2v) is 14.7. The highest BCUT2D eigenvalue weighted by Crippen LogP contribution is 2.42. The van der Waals surface area contributed by atoms with Gasteiger partial charge in [-0.3, -0.25) is 9.69 Å². The number of rotatable bonds is 6. The van der Waals surface area contributed by atoms with Crippen molar-refractivity contribution < 1.29 is 40.7 Å². The summed E-state index contributed by atoms with van der Waals surface area (Å²) in [6.07, 6.45) is -8.13. The molecule has 1 aromatic heterocycles. The molecule has 4 aliphatic heterocycles. The molecule has 4 aliphatic rings. The summed E-state index contributed by atoms with van der Waals surface area (Å²) in [6.45, 7) is 4.53. The quantitative estimate of drug-likeness (QED) is 0.291. The third-order valence-electron chi connectivity index (χ3n) is 10.5. The van der Waals surface area contributed by atoms with E-state index in [0.717, 1.165) is 36.5 Å². The molecule has 0 spiro atoms. The van der Waals surface area contributed by atoms with Crippen LogP contribution in [0.2, 0.25) is 0 Å². The molecule has 0 radical (unpaired) electrons. The van der Waals surface area contributed by atoms with Crippen molar-refractivity contribution in [2.45, 2.75) is 69.1 Å². The molecule has 280 valence electrons. The van der Waals surface area contributed by atoms with Gasteiger partial charge < -0.3 is 36.0 Å². The number of anilines is 2. The number of nitrogen functional groups attached to an aromatic ring is 1. The first-order valence-corrected chi connectivity index (χ1v) is 17.9. The number of alkyl halides is 6. The van der Waals surface area contributed by atoms with Gasteiger partial charge in [-0.2, -0.15) is 26.3 Å². The molecule has 0 unspecified atom stereocenters. The number of hydrogen-bond acceptors (Lipinski definition) is 7. The molecule has 6 rings (SSSR count). The fourth-order valence-corrected chi connectivity index (χ4v) is 8.36. The van der Waals surface area contributed by atoms with E-state index in [1.165, 1.54) is 21.1 Å². The average Bonchev–Trinajstić information content (AvgIpc) is 3.54. The van der Waals surface area contributed by atoms with Crippen LogP contribution < -0.4 is 16.4 Å². The topological polar surface area (TPSA) is 117 Å². The van der Waals surface area contributed by atoms with Crippen molar-refractivity contribution in [2.24, 2.45) is 0 Å². The normalized spacial score (nSPS) is 21.0. The van der Waals surface area contributed by atoms with Gasteiger partial charge in [0.05, 0.1) is 29.0 Å². The van der Waals surface area contributed by atoms with E-state index in [9.17, 15) is 40.7 Å². The van der Waals surface area contributed by atoms with Gasteiger partial charge in [0.25, 0.3) is 0 Å². The molecule has 2 aromatic rings. The molecule has 1 aromatic carbocycles. The van der Waals surface area contributed by atoms with Crippen molar-refractivity contribution in [3.05, 3.63) is 45.1 Å². The molecular weight excluding hydrogens is 702 g/mol. The number of hydrogen-bond donors (Lipinski definition) is 3. The lowest BCUT2D eigenvalue weighted by Crippen LogP contribution is -2.59. The van der Waals surface area contributed by atoms with Crippen molar-refractivity contribution >= 4 is 40.7 Å². The number of amides is 5. The van der Waals surface area contributed by atoms with Crippen LogP contribution in [0.5, 0.6) is 0 Å². The zero-order valence-electron chi connectivity index (χ0n) is 28.2. The lowest BCUT2D eigenvalue weighted by Gasteiger charge is -2.43. The second kappa shape index (κ2) is 14.7. The summed E-state index contributed by atoms with van der Waals surface area (Å²) in [5, 5.41) is 7.42. The van der Waals surface area contributed by atoms with Crippen LogP contribution in [0.3, 0.4) is 0 Å². The van der Waals surface area contributed by atoms with Gasteiger partial charge in [0, 0.05) is 62.7 Å². The maximum Gasteiger partial charge on any atom is 0.418 e. The van der Waals surface area contributed by atoms with E-state index in [0.29, 0.717) is 63.7 Å². The standard InChI is InChI=1S/C33H42F6N8O3S/c1-43-7-2-21(3-8-43)44-11-13-45(14-12-44)29(48)26(18-20-16-23(32(34,35)36)28(40)24(17-20)33(37,38)39)42-30(49)46-9-4-22(5-10-46)47-19-27-25(6-15-51-27)41-31(47)50/h6,15-17,21-22,26H,2-5,7-14,18-19,40H2,1H3,(H,41,50)(H,42,49)/t26-/m1/s1. The zero-order chi connectivity index (χ0) is 36.7. The minimum atomic E-state index is -5.19. The van der Waals surface area contributed by atoms with E-state index in [1.807, 2.05) is 11.4 Å². The maximum absolute atomic E-state index is 14.0. The number of thiophene rings is 1. The molecule has 51 heavy (non-hydrogen) atoms. The SMILES string of the molecule is CN1CCC(N2CCN(C(=O)[C@@H](Cc3cc(C(F)(F)F)c(N)c(C(F)(F)F)c3)NC(=O)N3CCC(N4Cc5sccc5NC4=O)CC3)CC2)CC1. The molecule has 0 saturated carbocycles. The van der Waals surface area contributed by atoms with Gasteiger partial charge in [-0.15, -0.1) is 11.3 Å². The highest BCUT2D eigenvalue weighted by Gasteiger charge is 2.42. The van der Waals surface area contributed by atoms with Crippen LogP contribution in [0, 0.1) is 0 Å². The Balaban J connectivity index is 1.17. The Hall–Kier alpha value is -3.77. The Bertz CT molecular complexity index is 1560. The minimum absolute atomic E-state index is 0.154. The number of urea groups is 2. The zero-order valence-corrected chi connectivity index (χ0v) is 29.0. The van der Waals surface area contributed by atoms with Crippen LogP contribution in [-0.4, -0.2) is 120 Å². The van der Waals surface area contributed by atoms with E-state index in [4.69, 9.17) is 5.73 Å². The fraction of sp³-hybridized carbons (Fsp3) is 0.606. The second-order valence-electron chi connectivity index (χ2n) is 13.7. The largest absolute Gasteiger partial charge is 0.418 e. The summed E-state index contributed by atoms with van der Waals surface area (Å²) in [6, 6.07) is 0.741. The molecule has 18 heteroatoms. The number of piperazine rings is 1. The number of benzene rings is 1. The van der Waals surface area contributed by atoms with Gasteiger partial charge in [0.1, 0.15) is 6.04 Å². The third-order valence-corrected chi connectivity index (χ3v) is 11.4. The van der Waals surface area contributed by atoms with E-state index in [1.54, 1.807) is 4.90 Å². The van der Waals surface area contributed by atoms with E-state index in [2.05, 4.69) is 27.5 Å². The monoisotopic (exact) mass is 744 g/mol. The molecule has 1 atom stereocenters. The smallest absolute Gasteiger partial charge is 0.398 e. The van der Waals surface area contributed by atoms with Gasteiger partial charge in [0.15, 0.2) is 0 Å². The summed E-state index contributed by atoms with van der Waals surface area (Å²) in [4.78, 5) is 50.7. The van der Waals surface area contributed by atoms with E-state index in [-0.39, 0.29) is 25.2 Å². The number of likely N-dealkylation sites (tertiary alicyclic amines) is 2.